The lowest BCUT2D eigenvalue weighted by molar-refractivity contribution is -0.129. The molecule has 4 rings (SSSR count). The molecule has 31 heavy (non-hydrogen) atoms. The Kier molecular flexibility index (Phi) is 6.09. The summed E-state index contributed by atoms with van der Waals surface area (Å²) in [6, 6.07) is 8.74. The molecular weight excluding hydrogens is 414 g/mol. The van der Waals surface area contributed by atoms with Gasteiger partial charge in [0.2, 0.25) is 11.8 Å². The van der Waals surface area contributed by atoms with Gasteiger partial charge in [0.25, 0.3) is 5.91 Å². The van der Waals surface area contributed by atoms with Crippen LogP contribution in [0.5, 0.6) is 0 Å². The lowest BCUT2D eigenvalue weighted by Gasteiger charge is -2.30. The highest BCUT2D eigenvalue weighted by atomic mass is 32.2. The molecule has 2 atom stereocenters. The number of nitrogens with one attached hydrogen (secondary N) is 1. The number of hydrogen-bond acceptors (Lipinski definition) is 6. The van der Waals surface area contributed by atoms with Gasteiger partial charge in [-0.25, -0.2) is 0 Å². The van der Waals surface area contributed by atoms with Crippen LogP contribution < -0.4 is 10.2 Å². The summed E-state index contributed by atoms with van der Waals surface area (Å²) in [5.74, 6) is 0.432. The van der Waals surface area contributed by atoms with E-state index in [-0.39, 0.29) is 24.3 Å². The number of rotatable bonds is 4. The van der Waals surface area contributed by atoms with Crippen molar-refractivity contribution in [1.29, 1.82) is 5.26 Å². The summed E-state index contributed by atoms with van der Waals surface area (Å²) in [5, 5.41) is 12.4. The molecule has 1 N–H and O–H groups in total. The summed E-state index contributed by atoms with van der Waals surface area (Å²) in [7, 11) is 0. The topological polar surface area (TPSA) is 106 Å². The Morgan fingerprint density at radius 3 is 3.00 bits per heavy atom. The number of carbonyl (C=O) groups is 3. The monoisotopic (exact) mass is 437 g/mol. The maximum absolute atomic E-state index is 12.9. The predicted molar refractivity (Wildman–Crippen MR) is 118 cm³/mol. The largest absolute Gasteiger partial charge is 0.343 e. The van der Waals surface area contributed by atoms with Crippen molar-refractivity contribution in [3.05, 3.63) is 36.0 Å². The molecule has 0 spiro atoms. The lowest BCUT2D eigenvalue weighted by Crippen LogP contribution is -2.42. The van der Waals surface area contributed by atoms with Crippen molar-refractivity contribution in [3.63, 3.8) is 0 Å². The zero-order valence-corrected chi connectivity index (χ0v) is 18.0. The summed E-state index contributed by atoms with van der Waals surface area (Å²) in [6.45, 7) is 2.41. The summed E-state index contributed by atoms with van der Waals surface area (Å²) < 4.78 is 0. The molecule has 0 aliphatic carbocycles. The van der Waals surface area contributed by atoms with Crippen LogP contribution in [0, 0.1) is 17.2 Å². The van der Waals surface area contributed by atoms with Gasteiger partial charge in [-0.2, -0.15) is 5.26 Å². The van der Waals surface area contributed by atoms with Gasteiger partial charge in [0.1, 0.15) is 6.04 Å². The summed E-state index contributed by atoms with van der Waals surface area (Å²) >= 11 is 1.52. The number of amides is 3. The van der Waals surface area contributed by atoms with Crippen LogP contribution in [0.1, 0.15) is 30.1 Å². The third-order valence-corrected chi connectivity index (χ3v) is 6.75. The number of aromatic nitrogens is 1. The summed E-state index contributed by atoms with van der Waals surface area (Å²) in [5.41, 5.74) is 1.78. The first-order valence-corrected chi connectivity index (χ1v) is 11.4. The Bertz CT molecular complexity index is 1080. The Labute approximate surface area is 184 Å². The van der Waals surface area contributed by atoms with Gasteiger partial charge in [0, 0.05) is 35.5 Å². The number of pyridine rings is 1. The molecule has 0 saturated carbocycles. The van der Waals surface area contributed by atoms with Gasteiger partial charge in [-0.05, 0) is 37.1 Å². The van der Waals surface area contributed by atoms with E-state index < -0.39 is 11.9 Å². The maximum atomic E-state index is 12.9. The molecule has 2 aromatic rings. The zero-order valence-electron chi connectivity index (χ0n) is 17.2. The normalized spacial score (nSPS) is 21.2. The molecule has 3 amide bonds. The second-order valence-corrected chi connectivity index (χ2v) is 8.78. The minimum Gasteiger partial charge on any atom is -0.343 e. The van der Waals surface area contributed by atoms with Gasteiger partial charge >= 0.3 is 0 Å². The highest BCUT2D eigenvalue weighted by molar-refractivity contribution is 7.99. The molecule has 2 aliphatic heterocycles. The van der Waals surface area contributed by atoms with Crippen molar-refractivity contribution in [1.82, 2.24) is 15.2 Å². The molecule has 2 fully saturated rings. The van der Waals surface area contributed by atoms with Crippen LogP contribution >= 0.6 is 11.8 Å². The molecule has 0 radical (unpaired) electrons. The van der Waals surface area contributed by atoms with Gasteiger partial charge in [-0.3, -0.25) is 19.4 Å². The number of carbonyl (C=O) groups excluding carboxylic acids is 3. The smallest absolute Gasteiger partial charge is 0.252 e. The van der Waals surface area contributed by atoms with Gasteiger partial charge in [0.15, 0.2) is 0 Å². The van der Waals surface area contributed by atoms with Crippen molar-refractivity contribution >= 4 is 46.1 Å². The van der Waals surface area contributed by atoms with Crippen molar-refractivity contribution in [2.45, 2.75) is 25.8 Å². The number of piperidine rings is 1. The second-order valence-electron chi connectivity index (χ2n) is 7.78. The quantitative estimate of drug-likeness (QED) is 0.786. The van der Waals surface area contributed by atoms with E-state index in [0.717, 1.165) is 18.5 Å². The molecule has 1 aromatic heterocycles. The van der Waals surface area contributed by atoms with Crippen LogP contribution in [0.4, 0.5) is 5.69 Å². The first kappa shape index (κ1) is 21.1. The molecule has 1 aromatic carbocycles. The molecule has 0 unspecified atom stereocenters. The van der Waals surface area contributed by atoms with E-state index in [1.165, 1.54) is 16.7 Å². The maximum Gasteiger partial charge on any atom is 0.252 e. The molecule has 8 nitrogen and oxygen atoms in total. The van der Waals surface area contributed by atoms with Crippen LogP contribution in [0.25, 0.3) is 10.9 Å². The van der Waals surface area contributed by atoms with Crippen LogP contribution in [-0.2, 0) is 9.59 Å². The Morgan fingerprint density at radius 2 is 2.19 bits per heavy atom. The number of fused-ring (bicyclic) bond motifs is 1. The first-order chi connectivity index (χ1) is 15.0. The average Bonchev–Trinajstić information content (AvgIpc) is 3.27. The minimum atomic E-state index is -0.455. The van der Waals surface area contributed by atoms with E-state index in [0.29, 0.717) is 34.6 Å². The van der Waals surface area contributed by atoms with Crippen LogP contribution in [-0.4, -0.2) is 58.4 Å². The minimum absolute atomic E-state index is 0.0203. The third kappa shape index (κ3) is 4.21. The molecule has 3 heterocycles. The van der Waals surface area contributed by atoms with E-state index in [1.807, 2.05) is 19.1 Å². The van der Waals surface area contributed by atoms with E-state index in [4.69, 9.17) is 5.26 Å². The summed E-state index contributed by atoms with van der Waals surface area (Å²) in [6.07, 6.45) is 3.37. The molecule has 0 bridgehead atoms. The molecule has 2 aliphatic rings. The first-order valence-electron chi connectivity index (χ1n) is 10.2. The number of hydrogen-bond donors (Lipinski definition) is 1. The van der Waals surface area contributed by atoms with E-state index >= 15 is 0 Å². The van der Waals surface area contributed by atoms with Crippen LogP contribution in [0.3, 0.4) is 0 Å². The van der Waals surface area contributed by atoms with Gasteiger partial charge < -0.3 is 15.1 Å². The predicted octanol–water partition coefficient (Wildman–Crippen LogP) is 2.15. The van der Waals surface area contributed by atoms with Crippen molar-refractivity contribution in [2.24, 2.45) is 5.92 Å². The van der Waals surface area contributed by atoms with Crippen molar-refractivity contribution in [2.75, 3.05) is 29.6 Å². The van der Waals surface area contributed by atoms with E-state index in [2.05, 4.69) is 16.4 Å². The number of thioether (sulfide) groups is 1. The number of anilines is 1. The lowest BCUT2D eigenvalue weighted by atomic mass is 9.98. The standard InChI is InChI=1S/C22H23N5O3S/c1-14-3-2-8-26(22(14)30)15-4-5-19-18(9-15)17(6-7-24-19)21(29)25-11-20(28)27-13-31-12-16(27)10-23/h4-7,9,14,16H,2-3,8,11-13H2,1H3,(H,25,29)/t14-,16-/m1/s1. The SMILES string of the molecule is C[C@@H]1CCCN(c2ccc3nccc(C(=O)NCC(=O)N4CSC[C@H]4C#N)c3c2)C1=O. The van der Waals surface area contributed by atoms with Gasteiger partial charge in [0.05, 0.1) is 29.6 Å². The van der Waals surface area contributed by atoms with E-state index in [9.17, 15) is 14.4 Å². The van der Waals surface area contributed by atoms with Crippen molar-refractivity contribution < 1.29 is 14.4 Å². The van der Waals surface area contributed by atoms with Gasteiger partial charge in [-0.15, -0.1) is 11.8 Å². The van der Waals surface area contributed by atoms with Crippen LogP contribution in [0.15, 0.2) is 30.5 Å². The Balaban J connectivity index is 1.54. The summed E-state index contributed by atoms with van der Waals surface area (Å²) in [4.78, 5) is 45.5. The third-order valence-electron chi connectivity index (χ3n) is 5.74. The Hall–Kier alpha value is -3.12. The Morgan fingerprint density at radius 1 is 1.35 bits per heavy atom. The second kappa shape index (κ2) is 8.94. The highest BCUT2D eigenvalue weighted by Gasteiger charge is 2.29. The average molecular weight is 438 g/mol. The zero-order chi connectivity index (χ0) is 22.0. The molecule has 2 saturated heterocycles. The molecule has 9 heteroatoms. The molecular formula is C22H23N5O3S. The van der Waals surface area contributed by atoms with Gasteiger partial charge in [-0.1, -0.05) is 6.92 Å². The van der Waals surface area contributed by atoms with Crippen LogP contribution in [0.2, 0.25) is 0 Å². The van der Waals surface area contributed by atoms with Crippen molar-refractivity contribution in [3.8, 4) is 6.07 Å². The fraction of sp³-hybridized carbons (Fsp3) is 0.409. The van der Waals surface area contributed by atoms with E-state index in [1.54, 1.807) is 23.2 Å². The molecule has 160 valence electrons. The highest BCUT2D eigenvalue weighted by Crippen LogP contribution is 2.28. The fourth-order valence-electron chi connectivity index (χ4n) is 3.96. The fourth-order valence-corrected chi connectivity index (χ4v) is 5.06. The number of nitrogens with zero attached hydrogens (tertiary/aromatic N) is 4. The number of nitriles is 1. The number of benzene rings is 1.